The van der Waals surface area contributed by atoms with Crippen LogP contribution in [0.2, 0.25) is 5.02 Å². The maximum Gasteiger partial charge on any atom is 0.323 e. The van der Waals surface area contributed by atoms with Gasteiger partial charge in [-0.25, -0.2) is 9.78 Å². The quantitative estimate of drug-likeness (QED) is 0.771. The molecule has 1 aromatic carbocycles. The van der Waals surface area contributed by atoms with Crippen molar-refractivity contribution in [3.8, 4) is 0 Å². The molecule has 2 heterocycles. The summed E-state index contributed by atoms with van der Waals surface area (Å²) in [5.74, 6) is -0.159. The number of aromatic nitrogens is 1. The molecule has 0 radical (unpaired) electrons. The Kier molecular flexibility index (Phi) is 6.30. The molecule has 0 spiro atoms. The van der Waals surface area contributed by atoms with Gasteiger partial charge in [0.2, 0.25) is 5.91 Å². The lowest BCUT2D eigenvalue weighted by molar-refractivity contribution is -0.115. The summed E-state index contributed by atoms with van der Waals surface area (Å²) < 4.78 is 0. The summed E-state index contributed by atoms with van der Waals surface area (Å²) in [6.07, 6.45) is 1.03. The molecule has 0 atom stereocenters. The third-order valence-electron chi connectivity index (χ3n) is 4.01. The fourth-order valence-electron chi connectivity index (χ4n) is 2.80. The number of nitrogens with zero attached hydrogens (tertiary/aromatic N) is 3. The highest BCUT2D eigenvalue weighted by molar-refractivity contribution is 7.14. The number of amides is 3. The molecule has 7 nitrogen and oxygen atoms in total. The van der Waals surface area contributed by atoms with E-state index in [0.29, 0.717) is 41.2 Å². The first-order chi connectivity index (χ1) is 12.9. The lowest BCUT2D eigenvalue weighted by atomic mass is 10.2. The largest absolute Gasteiger partial charge is 0.338 e. The van der Waals surface area contributed by atoms with E-state index in [2.05, 4.69) is 15.6 Å². The van der Waals surface area contributed by atoms with Gasteiger partial charge in [-0.3, -0.25) is 9.69 Å². The van der Waals surface area contributed by atoms with Gasteiger partial charge in [-0.2, -0.15) is 0 Å². The van der Waals surface area contributed by atoms with E-state index in [9.17, 15) is 9.59 Å². The summed E-state index contributed by atoms with van der Waals surface area (Å²) in [5, 5.41) is 8.79. The monoisotopic (exact) mass is 407 g/mol. The Morgan fingerprint density at radius 2 is 2.26 bits per heavy atom. The van der Waals surface area contributed by atoms with Crippen LogP contribution in [0.1, 0.15) is 17.7 Å². The molecule has 1 saturated heterocycles. The molecule has 3 rings (SSSR count). The predicted molar refractivity (Wildman–Crippen MR) is 109 cm³/mol. The molecular weight excluding hydrogens is 386 g/mol. The van der Waals surface area contributed by atoms with Crippen LogP contribution in [0.4, 0.5) is 15.6 Å². The Morgan fingerprint density at radius 1 is 1.44 bits per heavy atom. The van der Waals surface area contributed by atoms with Crippen molar-refractivity contribution >= 4 is 45.7 Å². The molecule has 0 saturated carbocycles. The molecule has 1 aliphatic rings. The van der Waals surface area contributed by atoms with Crippen molar-refractivity contribution in [2.45, 2.75) is 19.4 Å². The van der Waals surface area contributed by atoms with Gasteiger partial charge in [0.1, 0.15) is 0 Å². The SMILES string of the molecule is CN(C)Cc1cc(NC(=O)Cc2csc(N3CCCNC3=O)n2)ccc1Cl. The van der Waals surface area contributed by atoms with E-state index < -0.39 is 0 Å². The molecule has 9 heteroatoms. The lowest BCUT2D eigenvalue weighted by Crippen LogP contribution is -2.46. The molecule has 0 aliphatic carbocycles. The van der Waals surface area contributed by atoms with Crippen LogP contribution in [-0.2, 0) is 17.8 Å². The summed E-state index contributed by atoms with van der Waals surface area (Å²) >= 11 is 7.58. The topological polar surface area (TPSA) is 77.6 Å². The van der Waals surface area contributed by atoms with Gasteiger partial charge in [-0.1, -0.05) is 11.6 Å². The van der Waals surface area contributed by atoms with Gasteiger partial charge in [0.25, 0.3) is 0 Å². The van der Waals surface area contributed by atoms with Gasteiger partial charge >= 0.3 is 6.03 Å². The first-order valence-corrected chi connectivity index (χ1v) is 9.91. The van der Waals surface area contributed by atoms with E-state index in [1.54, 1.807) is 17.0 Å². The van der Waals surface area contributed by atoms with Crippen LogP contribution in [-0.4, -0.2) is 49.0 Å². The number of halogens is 1. The first kappa shape index (κ1) is 19.6. The number of anilines is 2. The summed E-state index contributed by atoms with van der Waals surface area (Å²) in [7, 11) is 3.92. The van der Waals surface area contributed by atoms with Crippen LogP contribution in [0.3, 0.4) is 0 Å². The maximum absolute atomic E-state index is 12.4. The normalized spacial score (nSPS) is 14.4. The van der Waals surface area contributed by atoms with Gasteiger partial charge in [-0.05, 0) is 44.3 Å². The minimum absolute atomic E-state index is 0.138. The number of thiazole rings is 1. The Hall–Kier alpha value is -2.16. The lowest BCUT2D eigenvalue weighted by Gasteiger charge is -2.24. The molecule has 2 N–H and O–H groups in total. The Bertz CT molecular complexity index is 839. The smallest absolute Gasteiger partial charge is 0.323 e. The van der Waals surface area contributed by atoms with E-state index >= 15 is 0 Å². The van der Waals surface area contributed by atoms with Gasteiger partial charge in [0.05, 0.1) is 12.1 Å². The third-order valence-corrected chi connectivity index (χ3v) is 5.29. The second kappa shape index (κ2) is 8.69. The summed E-state index contributed by atoms with van der Waals surface area (Å²) in [5.41, 5.74) is 2.30. The van der Waals surface area contributed by atoms with E-state index in [0.717, 1.165) is 12.0 Å². The fraction of sp³-hybridized carbons (Fsp3) is 0.389. The highest BCUT2D eigenvalue weighted by atomic mass is 35.5. The van der Waals surface area contributed by atoms with E-state index in [1.807, 2.05) is 30.4 Å². The standard InChI is InChI=1S/C18H22ClN5O2S/c1-23(2)10-12-8-13(4-5-15(12)19)21-16(25)9-14-11-27-18(22-14)24-7-3-6-20-17(24)26/h4-5,8,11H,3,6-7,9-10H2,1-2H3,(H,20,26)(H,21,25). The highest BCUT2D eigenvalue weighted by Gasteiger charge is 2.22. The number of hydrogen-bond donors (Lipinski definition) is 2. The van der Waals surface area contributed by atoms with Gasteiger partial charge in [0.15, 0.2) is 5.13 Å². The van der Waals surface area contributed by atoms with Crippen molar-refractivity contribution in [2.75, 3.05) is 37.4 Å². The molecule has 27 heavy (non-hydrogen) atoms. The van der Waals surface area contributed by atoms with Crippen LogP contribution in [0, 0.1) is 0 Å². The average Bonchev–Trinajstić information content (AvgIpc) is 3.06. The van der Waals surface area contributed by atoms with Crippen LogP contribution < -0.4 is 15.5 Å². The van der Waals surface area contributed by atoms with Crippen molar-refractivity contribution in [1.29, 1.82) is 0 Å². The predicted octanol–water partition coefficient (Wildman–Crippen LogP) is 2.96. The van der Waals surface area contributed by atoms with Crippen molar-refractivity contribution in [3.05, 3.63) is 39.9 Å². The van der Waals surface area contributed by atoms with Crippen LogP contribution in [0.25, 0.3) is 0 Å². The van der Waals surface area contributed by atoms with Crippen molar-refractivity contribution in [2.24, 2.45) is 0 Å². The summed E-state index contributed by atoms with van der Waals surface area (Å²) in [6.45, 7) is 2.02. The molecule has 1 fully saturated rings. The van der Waals surface area contributed by atoms with Gasteiger partial charge < -0.3 is 15.5 Å². The summed E-state index contributed by atoms with van der Waals surface area (Å²) in [6, 6.07) is 5.31. The molecule has 144 valence electrons. The zero-order valence-corrected chi connectivity index (χ0v) is 16.9. The molecule has 1 aliphatic heterocycles. The minimum atomic E-state index is -0.159. The van der Waals surface area contributed by atoms with Crippen molar-refractivity contribution in [1.82, 2.24) is 15.2 Å². The number of urea groups is 1. The number of benzene rings is 1. The number of carbonyl (C=O) groups excluding carboxylic acids is 2. The molecule has 3 amide bonds. The zero-order chi connectivity index (χ0) is 19.4. The van der Waals surface area contributed by atoms with Gasteiger partial charge in [-0.15, -0.1) is 11.3 Å². The van der Waals surface area contributed by atoms with E-state index in [-0.39, 0.29) is 18.4 Å². The Labute approximate surface area is 167 Å². The Morgan fingerprint density at radius 3 is 3.00 bits per heavy atom. The van der Waals surface area contributed by atoms with Crippen LogP contribution in [0.15, 0.2) is 23.6 Å². The maximum atomic E-state index is 12.4. The first-order valence-electron chi connectivity index (χ1n) is 8.65. The molecule has 0 bridgehead atoms. The minimum Gasteiger partial charge on any atom is -0.338 e. The van der Waals surface area contributed by atoms with E-state index in [4.69, 9.17) is 11.6 Å². The Balaban J connectivity index is 1.62. The number of carbonyl (C=O) groups is 2. The third kappa shape index (κ3) is 5.18. The number of rotatable bonds is 6. The zero-order valence-electron chi connectivity index (χ0n) is 15.3. The molecule has 0 unspecified atom stereocenters. The second-order valence-electron chi connectivity index (χ2n) is 6.63. The van der Waals surface area contributed by atoms with Crippen molar-refractivity contribution < 1.29 is 9.59 Å². The van der Waals surface area contributed by atoms with Crippen molar-refractivity contribution in [3.63, 3.8) is 0 Å². The van der Waals surface area contributed by atoms with Crippen LogP contribution >= 0.6 is 22.9 Å². The van der Waals surface area contributed by atoms with Gasteiger partial charge in [0, 0.05) is 35.7 Å². The van der Waals surface area contributed by atoms with E-state index in [1.165, 1.54) is 11.3 Å². The second-order valence-corrected chi connectivity index (χ2v) is 7.87. The molecular formula is C18H22ClN5O2S. The summed E-state index contributed by atoms with van der Waals surface area (Å²) in [4.78, 5) is 32.3. The molecule has 2 aromatic rings. The highest BCUT2D eigenvalue weighted by Crippen LogP contribution is 2.24. The average molecular weight is 408 g/mol. The number of hydrogen-bond acceptors (Lipinski definition) is 5. The van der Waals surface area contributed by atoms with Crippen LogP contribution in [0.5, 0.6) is 0 Å². The fourth-order valence-corrected chi connectivity index (χ4v) is 3.82. The molecule has 1 aromatic heterocycles. The number of nitrogens with one attached hydrogen (secondary N) is 2.